The molecule has 0 aliphatic carbocycles. The van der Waals surface area contributed by atoms with Crippen LogP contribution in [0, 0.1) is 0 Å². The maximum absolute atomic E-state index is 11.9. The van der Waals surface area contributed by atoms with E-state index >= 15 is 0 Å². The predicted octanol–water partition coefficient (Wildman–Crippen LogP) is 3.02. The van der Waals surface area contributed by atoms with Crippen LogP contribution in [0.3, 0.4) is 0 Å². The number of aromatic nitrogens is 2. The maximum atomic E-state index is 11.9. The zero-order valence-corrected chi connectivity index (χ0v) is 14.6. The lowest BCUT2D eigenvalue weighted by molar-refractivity contribution is -0.160. The van der Waals surface area contributed by atoms with Gasteiger partial charge >= 0.3 is 5.97 Å². The Balaban J connectivity index is 1.46. The van der Waals surface area contributed by atoms with Gasteiger partial charge in [-0.15, -0.1) is 0 Å². The summed E-state index contributed by atoms with van der Waals surface area (Å²) in [5.41, 5.74) is 0.763. The molecule has 0 amide bonds. The van der Waals surface area contributed by atoms with Gasteiger partial charge in [-0.3, -0.25) is 0 Å². The lowest BCUT2D eigenvalue weighted by Crippen LogP contribution is -2.27. The van der Waals surface area contributed by atoms with Gasteiger partial charge < -0.3 is 18.7 Å². The molecule has 1 aromatic carbocycles. The Morgan fingerprint density at radius 1 is 1.40 bits per heavy atom. The van der Waals surface area contributed by atoms with E-state index < -0.39 is 12.1 Å². The first kappa shape index (κ1) is 17.8. The molecule has 1 aromatic heterocycles. The minimum absolute atomic E-state index is 0.0631. The maximum Gasteiger partial charge on any atom is 0.335 e. The van der Waals surface area contributed by atoms with Crippen LogP contribution in [0.5, 0.6) is 0 Å². The Morgan fingerprint density at radius 3 is 2.92 bits per heavy atom. The molecular formula is C17H19ClN2O5. The Kier molecular flexibility index (Phi) is 6.01. The van der Waals surface area contributed by atoms with Crippen LogP contribution in [0.25, 0.3) is 11.4 Å². The second kappa shape index (κ2) is 8.42. The van der Waals surface area contributed by atoms with Crippen LogP contribution in [0.1, 0.15) is 25.7 Å². The van der Waals surface area contributed by atoms with Gasteiger partial charge in [0.2, 0.25) is 5.82 Å². The van der Waals surface area contributed by atoms with Crippen LogP contribution in [0.2, 0.25) is 5.02 Å². The number of nitrogens with zero attached hydrogens (tertiary/aromatic N) is 2. The van der Waals surface area contributed by atoms with Crippen molar-refractivity contribution in [2.24, 2.45) is 0 Å². The molecule has 2 heterocycles. The molecule has 0 saturated carbocycles. The number of benzene rings is 1. The summed E-state index contributed by atoms with van der Waals surface area (Å²) in [5, 5.41) is 4.48. The van der Waals surface area contributed by atoms with Crippen LogP contribution in [0.4, 0.5) is 0 Å². The zero-order valence-electron chi connectivity index (χ0n) is 13.8. The molecule has 2 aromatic rings. The fourth-order valence-corrected chi connectivity index (χ4v) is 2.50. The topological polar surface area (TPSA) is 83.7 Å². The molecule has 0 bridgehead atoms. The number of carbonyl (C=O) groups excluding carboxylic acids is 1. The smallest absolute Gasteiger partial charge is 0.335 e. The second-order valence-corrected chi connectivity index (χ2v) is 6.17. The summed E-state index contributed by atoms with van der Waals surface area (Å²) in [6.07, 6.45) is 1.37. The van der Waals surface area contributed by atoms with Crippen molar-refractivity contribution in [3.63, 3.8) is 0 Å². The summed E-state index contributed by atoms with van der Waals surface area (Å²) in [5.74, 6) is 0.138. The molecule has 1 saturated heterocycles. The molecule has 0 radical (unpaired) electrons. The highest BCUT2D eigenvalue weighted by molar-refractivity contribution is 6.30. The van der Waals surface area contributed by atoms with E-state index in [0.717, 1.165) is 25.0 Å². The van der Waals surface area contributed by atoms with E-state index in [-0.39, 0.29) is 18.6 Å². The number of carbonyl (C=O) groups is 1. The Bertz CT molecular complexity index is 697. The molecule has 8 heteroatoms. The van der Waals surface area contributed by atoms with Crippen molar-refractivity contribution in [1.29, 1.82) is 0 Å². The molecule has 25 heavy (non-hydrogen) atoms. The summed E-state index contributed by atoms with van der Waals surface area (Å²) in [6, 6.07) is 7.04. The van der Waals surface area contributed by atoms with Crippen LogP contribution in [-0.2, 0) is 25.6 Å². The Morgan fingerprint density at radius 2 is 2.20 bits per heavy atom. The van der Waals surface area contributed by atoms with Crippen molar-refractivity contribution in [2.75, 3.05) is 13.2 Å². The minimum atomic E-state index is -0.678. The number of rotatable bonds is 7. The van der Waals surface area contributed by atoms with Crippen molar-refractivity contribution in [3.8, 4) is 11.4 Å². The average molecular weight is 367 g/mol. The van der Waals surface area contributed by atoms with Gasteiger partial charge in [-0.25, -0.2) is 4.79 Å². The van der Waals surface area contributed by atoms with E-state index in [9.17, 15) is 4.79 Å². The summed E-state index contributed by atoms with van der Waals surface area (Å²) in [6.45, 7) is 2.68. The third-order valence-corrected chi connectivity index (χ3v) is 4.05. The highest BCUT2D eigenvalue weighted by Gasteiger charge is 2.21. The number of hydrogen-bond acceptors (Lipinski definition) is 7. The monoisotopic (exact) mass is 366 g/mol. The quantitative estimate of drug-likeness (QED) is 0.696. The molecule has 2 atom stereocenters. The van der Waals surface area contributed by atoms with Gasteiger partial charge in [0, 0.05) is 17.2 Å². The zero-order chi connectivity index (χ0) is 17.6. The van der Waals surface area contributed by atoms with Crippen LogP contribution < -0.4 is 0 Å². The summed E-state index contributed by atoms with van der Waals surface area (Å²) < 4.78 is 21.2. The van der Waals surface area contributed by atoms with Gasteiger partial charge in [-0.2, -0.15) is 4.98 Å². The third-order valence-electron chi connectivity index (χ3n) is 3.80. The lowest BCUT2D eigenvalue weighted by Gasteiger charge is -2.14. The van der Waals surface area contributed by atoms with E-state index in [1.807, 2.05) is 0 Å². The van der Waals surface area contributed by atoms with Gasteiger partial charge in [-0.05, 0) is 44.0 Å². The standard InChI is InChI=1S/C17H19ClN2O5/c1-11(23-9-14-3-2-8-22-14)17(21)24-10-15-19-16(20-25-15)12-4-6-13(18)7-5-12/h4-7,11,14H,2-3,8-10H2,1H3. The number of halogens is 1. The van der Waals surface area contributed by atoms with E-state index in [0.29, 0.717) is 17.5 Å². The fraction of sp³-hybridized carbons (Fsp3) is 0.471. The normalized spacial score (nSPS) is 18.2. The first-order chi connectivity index (χ1) is 12.1. The van der Waals surface area contributed by atoms with Gasteiger partial charge in [0.15, 0.2) is 12.7 Å². The van der Waals surface area contributed by atoms with Gasteiger partial charge in [-0.1, -0.05) is 16.8 Å². The molecule has 3 rings (SSSR count). The van der Waals surface area contributed by atoms with Crippen LogP contribution >= 0.6 is 11.6 Å². The largest absolute Gasteiger partial charge is 0.454 e. The van der Waals surface area contributed by atoms with Gasteiger partial charge in [0.25, 0.3) is 5.89 Å². The van der Waals surface area contributed by atoms with Crippen molar-refractivity contribution in [3.05, 3.63) is 35.2 Å². The molecule has 1 aliphatic rings. The Labute approximate surface area is 150 Å². The van der Waals surface area contributed by atoms with Crippen LogP contribution in [-0.4, -0.2) is 41.5 Å². The SMILES string of the molecule is CC(OCC1CCCO1)C(=O)OCc1nc(-c2ccc(Cl)cc2)no1. The van der Waals surface area contributed by atoms with Crippen molar-refractivity contribution in [2.45, 2.75) is 38.6 Å². The summed E-state index contributed by atoms with van der Waals surface area (Å²) in [7, 11) is 0. The van der Waals surface area contributed by atoms with Gasteiger partial charge in [0.1, 0.15) is 0 Å². The fourth-order valence-electron chi connectivity index (χ4n) is 2.38. The summed E-state index contributed by atoms with van der Waals surface area (Å²) in [4.78, 5) is 16.1. The highest BCUT2D eigenvalue weighted by Crippen LogP contribution is 2.19. The number of ether oxygens (including phenoxy) is 3. The molecule has 2 unspecified atom stereocenters. The Hall–Kier alpha value is -1.96. The molecule has 1 aliphatic heterocycles. The van der Waals surface area contributed by atoms with Crippen LogP contribution in [0.15, 0.2) is 28.8 Å². The number of hydrogen-bond donors (Lipinski definition) is 0. The summed E-state index contributed by atoms with van der Waals surface area (Å²) >= 11 is 5.84. The van der Waals surface area contributed by atoms with Crippen molar-refractivity contribution in [1.82, 2.24) is 10.1 Å². The second-order valence-electron chi connectivity index (χ2n) is 5.74. The van der Waals surface area contributed by atoms with Crippen molar-refractivity contribution < 1.29 is 23.5 Å². The minimum Gasteiger partial charge on any atom is -0.454 e. The molecular weight excluding hydrogens is 348 g/mol. The first-order valence-corrected chi connectivity index (χ1v) is 8.48. The molecule has 0 N–H and O–H groups in total. The van der Waals surface area contributed by atoms with E-state index in [1.165, 1.54) is 0 Å². The average Bonchev–Trinajstić information content (AvgIpc) is 3.30. The molecule has 134 valence electrons. The van der Waals surface area contributed by atoms with E-state index in [4.69, 9.17) is 30.3 Å². The molecule has 0 spiro atoms. The molecule has 1 fully saturated rings. The third kappa shape index (κ3) is 5.01. The number of esters is 1. The predicted molar refractivity (Wildman–Crippen MR) is 88.9 cm³/mol. The first-order valence-electron chi connectivity index (χ1n) is 8.10. The van der Waals surface area contributed by atoms with Crippen molar-refractivity contribution >= 4 is 17.6 Å². The van der Waals surface area contributed by atoms with E-state index in [2.05, 4.69) is 10.1 Å². The van der Waals surface area contributed by atoms with E-state index in [1.54, 1.807) is 31.2 Å². The van der Waals surface area contributed by atoms with Gasteiger partial charge in [0.05, 0.1) is 12.7 Å². The lowest BCUT2D eigenvalue weighted by atomic mass is 10.2. The highest BCUT2D eigenvalue weighted by atomic mass is 35.5. The molecule has 7 nitrogen and oxygen atoms in total.